The van der Waals surface area contributed by atoms with Crippen molar-refractivity contribution in [1.29, 1.82) is 0 Å². The van der Waals surface area contributed by atoms with Gasteiger partial charge in [-0.2, -0.15) is 10.1 Å². The van der Waals surface area contributed by atoms with E-state index in [9.17, 15) is 14.4 Å². The minimum atomic E-state index is -0.598. The van der Waals surface area contributed by atoms with Crippen molar-refractivity contribution in [2.75, 3.05) is 25.6 Å². The lowest BCUT2D eigenvalue weighted by atomic mass is 9.85. The molecule has 1 aromatic carbocycles. The fourth-order valence-corrected chi connectivity index (χ4v) is 4.30. The van der Waals surface area contributed by atoms with E-state index in [1.807, 2.05) is 37.2 Å². The minimum absolute atomic E-state index is 0.139. The van der Waals surface area contributed by atoms with Crippen LogP contribution < -0.4 is 15.4 Å². The second-order valence-electron chi connectivity index (χ2n) is 7.60. The molecule has 1 heterocycles. The first kappa shape index (κ1) is 18.2. The van der Waals surface area contributed by atoms with Gasteiger partial charge in [-0.25, -0.2) is 0 Å². The normalized spacial score (nSPS) is 27.7. The molecule has 0 radical (unpaired) electrons. The number of carbonyl (C=O) groups is 3. The number of allylic oxidation sites excluding steroid dienone is 2. The van der Waals surface area contributed by atoms with Gasteiger partial charge in [0, 0.05) is 31.4 Å². The zero-order valence-corrected chi connectivity index (χ0v) is 15.7. The number of benzene rings is 1. The van der Waals surface area contributed by atoms with E-state index < -0.39 is 5.91 Å². The molecule has 1 saturated heterocycles. The Balaban J connectivity index is 1.58. The van der Waals surface area contributed by atoms with Gasteiger partial charge in [0.15, 0.2) is 6.61 Å². The van der Waals surface area contributed by atoms with Gasteiger partial charge in [-0.15, -0.1) is 0 Å². The van der Waals surface area contributed by atoms with Gasteiger partial charge >= 0.3 is 0 Å². The molecule has 4 rings (SSSR count). The minimum Gasteiger partial charge on any atom is -0.483 e. The molecule has 2 N–H and O–H groups in total. The number of fused-ring (bicyclic) bond motifs is 5. The number of nitrogens with zero attached hydrogens (tertiary/aromatic N) is 3. The van der Waals surface area contributed by atoms with Crippen LogP contribution in [0.5, 0.6) is 5.75 Å². The Kier molecular flexibility index (Phi) is 4.41. The summed E-state index contributed by atoms with van der Waals surface area (Å²) in [6.07, 6.45) is 6.38. The maximum absolute atomic E-state index is 12.7. The SMILES string of the molecule is CN(C)c1ccc(C=NN2C(=O)C3C4C=CC(C4)C3C2=O)c(OCC(N)=O)c1. The van der Waals surface area contributed by atoms with Gasteiger partial charge in [-0.05, 0) is 30.4 Å². The van der Waals surface area contributed by atoms with Crippen LogP contribution in [-0.4, -0.2) is 49.6 Å². The summed E-state index contributed by atoms with van der Waals surface area (Å²) in [5, 5.41) is 5.15. The third-order valence-corrected chi connectivity index (χ3v) is 5.64. The number of amides is 3. The van der Waals surface area contributed by atoms with E-state index in [1.165, 1.54) is 6.21 Å². The van der Waals surface area contributed by atoms with Gasteiger partial charge in [0.2, 0.25) is 0 Å². The maximum atomic E-state index is 12.7. The van der Waals surface area contributed by atoms with Crippen molar-refractivity contribution in [2.24, 2.45) is 34.5 Å². The molecule has 28 heavy (non-hydrogen) atoms. The molecular formula is C20H22N4O4. The summed E-state index contributed by atoms with van der Waals surface area (Å²) in [5.74, 6) is -0.988. The van der Waals surface area contributed by atoms with Crippen LogP contribution in [0.1, 0.15) is 12.0 Å². The van der Waals surface area contributed by atoms with Crippen molar-refractivity contribution in [1.82, 2.24) is 5.01 Å². The fourth-order valence-electron chi connectivity index (χ4n) is 4.30. The summed E-state index contributed by atoms with van der Waals surface area (Å²) < 4.78 is 5.49. The molecule has 2 bridgehead atoms. The van der Waals surface area contributed by atoms with Crippen molar-refractivity contribution in [3.63, 3.8) is 0 Å². The molecule has 1 aromatic rings. The van der Waals surface area contributed by atoms with Crippen LogP contribution in [0.25, 0.3) is 0 Å². The lowest BCUT2D eigenvalue weighted by Crippen LogP contribution is -2.28. The molecule has 3 aliphatic rings. The van der Waals surface area contributed by atoms with Crippen molar-refractivity contribution < 1.29 is 19.1 Å². The van der Waals surface area contributed by atoms with Crippen molar-refractivity contribution in [2.45, 2.75) is 6.42 Å². The number of anilines is 1. The number of hydrogen-bond acceptors (Lipinski definition) is 6. The van der Waals surface area contributed by atoms with Gasteiger partial charge in [-0.3, -0.25) is 14.4 Å². The average Bonchev–Trinajstić information content (AvgIpc) is 3.33. The quantitative estimate of drug-likeness (QED) is 0.444. The van der Waals surface area contributed by atoms with Gasteiger partial charge < -0.3 is 15.4 Å². The van der Waals surface area contributed by atoms with E-state index in [0.29, 0.717) is 11.3 Å². The van der Waals surface area contributed by atoms with Crippen LogP contribution in [0.4, 0.5) is 5.69 Å². The standard InChI is InChI=1S/C20H22N4O4/c1-23(2)14-6-5-13(15(8-14)28-10-16(21)25)9-22-24-19(26)17-11-3-4-12(7-11)18(17)20(24)27/h3-6,8-9,11-12,17-18H,7,10H2,1-2H3,(H2,21,25). The molecule has 146 valence electrons. The lowest BCUT2D eigenvalue weighted by molar-refractivity contribution is -0.140. The zero-order valence-electron chi connectivity index (χ0n) is 15.7. The number of imide groups is 1. The highest BCUT2D eigenvalue weighted by atomic mass is 16.5. The Hall–Kier alpha value is -3.16. The molecule has 3 amide bonds. The summed E-state index contributed by atoms with van der Waals surface area (Å²) in [7, 11) is 3.76. The first-order valence-electron chi connectivity index (χ1n) is 9.19. The van der Waals surface area contributed by atoms with Gasteiger partial charge in [0.1, 0.15) is 5.75 Å². The number of hydrogen-bond donors (Lipinski definition) is 1. The smallest absolute Gasteiger partial charge is 0.255 e. The molecular weight excluding hydrogens is 360 g/mol. The number of nitrogens with two attached hydrogens (primary N) is 1. The van der Waals surface area contributed by atoms with Crippen LogP contribution in [0.2, 0.25) is 0 Å². The van der Waals surface area contributed by atoms with Gasteiger partial charge in [0.25, 0.3) is 17.7 Å². The van der Waals surface area contributed by atoms with Crippen molar-refractivity contribution >= 4 is 29.6 Å². The van der Waals surface area contributed by atoms with Crippen molar-refractivity contribution in [3.05, 3.63) is 35.9 Å². The Morgan fingerprint density at radius 1 is 1.25 bits per heavy atom. The Morgan fingerprint density at radius 2 is 1.89 bits per heavy atom. The van der Waals surface area contributed by atoms with Crippen LogP contribution in [-0.2, 0) is 14.4 Å². The Labute approximate surface area is 162 Å². The number of ether oxygens (including phenoxy) is 1. The molecule has 8 nitrogen and oxygen atoms in total. The van der Waals surface area contributed by atoms with Crippen LogP contribution >= 0.6 is 0 Å². The molecule has 0 aromatic heterocycles. The first-order valence-corrected chi connectivity index (χ1v) is 9.19. The summed E-state index contributed by atoms with van der Waals surface area (Å²) >= 11 is 0. The number of hydrazone groups is 1. The lowest BCUT2D eigenvalue weighted by Gasteiger charge is -2.16. The molecule has 2 fully saturated rings. The van der Waals surface area contributed by atoms with E-state index in [-0.39, 0.29) is 42.1 Å². The number of primary amides is 1. The van der Waals surface area contributed by atoms with E-state index in [4.69, 9.17) is 10.5 Å². The topological polar surface area (TPSA) is 105 Å². The molecule has 0 spiro atoms. The van der Waals surface area contributed by atoms with E-state index in [0.717, 1.165) is 17.1 Å². The summed E-state index contributed by atoms with van der Waals surface area (Å²) in [4.78, 5) is 38.4. The number of rotatable bonds is 6. The van der Waals surface area contributed by atoms with Crippen LogP contribution in [0.3, 0.4) is 0 Å². The zero-order chi connectivity index (χ0) is 20.0. The Bertz CT molecular complexity index is 877. The molecule has 2 aliphatic carbocycles. The predicted octanol–water partition coefficient (Wildman–Crippen LogP) is 0.758. The monoisotopic (exact) mass is 382 g/mol. The van der Waals surface area contributed by atoms with E-state index in [1.54, 1.807) is 12.1 Å². The summed E-state index contributed by atoms with van der Waals surface area (Å²) in [6, 6.07) is 5.36. The highest BCUT2D eigenvalue weighted by Crippen LogP contribution is 2.52. The molecule has 8 heteroatoms. The van der Waals surface area contributed by atoms with Crippen molar-refractivity contribution in [3.8, 4) is 5.75 Å². The summed E-state index contributed by atoms with van der Waals surface area (Å²) in [6.45, 7) is -0.279. The van der Waals surface area contributed by atoms with Gasteiger partial charge in [-0.1, -0.05) is 12.2 Å². The van der Waals surface area contributed by atoms with Crippen LogP contribution in [0, 0.1) is 23.7 Å². The second kappa shape index (κ2) is 6.78. The highest BCUT2D eigenvalue weighted by Gasteiger charge is 2.59. The number of carbonyl (C=O) groups excluding carboxylic acids is 3. The maximum Gasteiger partial charge on any atom is 0.255 e. The molecule has 4 unspecified atom stereocenters. The summed E-state index contributed by atoms with van der Waals surface area (Å²) in [5.41, 5.74) is 6.58. The first-order chi connectivity index (χ1) is 13.4. The van der Waals surface area contributed by atoms with Gasteiger partial charge in [0.05, 0.1) is 18.1 Å². The highest BCUT2D eigenvalue weighted by molar-refractivity contribution is 6.07. The van der Waals surface area contributed by atoms with E-state index >= 15 is 0 Å². The fraction of sp³-hybridized carbons (Fsp3) is 0.400. The molecule has 4 atom stereocenters. The largest absolute Gasteiger partial charge is 0.483 e. The second-order valence-corrected chi connectivity index (χ2v) is 7.60. The predicted molar refractivity (Wildman–Crippen MR) is 103 cm³/mol. The third-order valence-electron chi connectivity index (χ3n) is 5.64. The molecule has 1 aliphatic heterocycles. The average molecular weight is 382 g/mol. The van der Waals surface area contributed by atoms with E-state index in [2.05, 4.69) is 5.10 Å². The third kappa shape index (κ3) is 2.94. The Morgan fingerprint density at radius 3 is 2.46 bits per heavy atom. The molecule has 1 saturated carbocycles. The van der Waals surface area contributed by atoms with Crippen LogP contribution in [0.15, 0.2) is 35.5 Å².